The predicted octanol–water partition coefficient (Wildman–Crippen LogP) is 6.44. The topological polar surface area (TPSA) is 84.9 Å². The number of nitrogens with one attached hydrogen (secondary N) is 1. The number of hydrogen-bond acceptors (Lipinski definition) is 6. The Kier molecular flexibility index (Phi) is 8.01. The number of pyridine rings is 1. The molecule has 4 heterocycles. The summed E-state index contributed by atoms with van der Waals surface area (Å²) < 4.78 is 6.09. The lowest BCUT2D eigenvalue weighted by atomic mass is 9.96. The van der Waals surface area contributed by atoms with E-state index in [9.17, 15) is 9.90 Å². The van der Waals surface area contributed by atoms with Crippen molar-refractivity contribution < 1.29 is 14.6 Å². The minimum Gasteiger partial charge on any atom is -0.491 e. The number of likely N-dealkylation sites (N-methyl/N-ethyl adjacent to an activating group) is 1. The zero-order valence-electron chi connectivity index (χ0n) is 26.9. The summed E-state index contributed by atoms with van der Waals surface area (Å²) in [5.74, 6) is 1.13. The molecule has 8 heteroatoms. The number of nitrogens with zero attached hydrogens (tertiary/aromatic N) is 4. The molecule has 0 spiro atoms. The molecule has 0 radical (unpaired) electrons. The second-order valence-electron chi connectivity index (χ2n) is 13.0. The Morgan fingerprint density at radius 2 is 1.70 bits per heavy atom. The van der Waals surface area contributed by atoms with Crippen molar-refractivity contribution in [1.29, 1.82) is 0 Å². The largest absolute Gasteiger partial charge is 0.491 e. The summed E-state index contributed by atoms with van der Waals surface area (Å²) >= 11 is 0. The molecule has 1 saturated heterocycles. The number of amides is 1. The van der Waals surface area contributed by atoms with Crippen molar-refractivity contribution in [3.05, 3.63) is 101 Å². The smallest absolute Gasteiger partial charge is 0.262 e. The van der Waals surface area contributed by atoms with Gasteiger partial charge in [0.1, 0.15) is 18.0 Å². The molecule has 3 aromatic carbocycles. The van der Waals surface area contributed by atoms with Crippen LogP contribution in [-0.2, 0) is 13.2 Å². The van der Waals surface area contributed by atoms with Gasteiger partial charge < -0.3 is 24.6 Å². The summed E-state index contributed by atoms with van der Waals surface area (Å²) in [6, 6.07) is 24.8. The molecule has 0 unspecified atom stereocenters. The van der Waals surface area contributed by atoms with E-state index in [4.69, 9.17) is 4.74 Å². The van der Waals surface area contributed by atoms with Crippen LogP contribution in [0.5, 0.6) is 5.75 Å². The molecule has 3 aliphatic rings. The minimum atomic E-state index is -0.209. The van der Waals surface area contributed by atoms with Gasteiger partial charge in [0.2, 0.25) is 0 Å². The number of aliphatic hydroxyl groups is 1. The van der Waals surface area contributed by atoms with Gasteiger partial charge in [-0.15, -0.1) is 0 Å². The van der Waals surface area contributed by atoms with Crippen LogP contribution in [0.1, 0.15) is 52.7 Å². The molecule has 47 heavy (non-hydrogen) atoms. The average Bonchev–Trinajstić information content (AvgIpc) is 3.90. The Labute approximate surface area is 275 Å². The minimum absolute atomic E-state index is 0.109. The fraction of sp³-hybridized carbons (Fsp3) is 0.333. The van der Waals surface area contributed by atoms with Gasteiger partial charge in [0, 0.05) is 55.6 Å². The summed E-state index contributed by atoms with van der Waals surface area (Å²) in [5.41, 5.74) is 9.24. The van der Waals surface area contributed by atoms with Gasteiger partial charge in [0.15, 0.2) is 0 Å². The van der Waals surface area contributed by atoms with Gasteiger partial charge in [-0.05, 0) is 83.5 Å². The monoisotopic (exact) mass is 627 g/mol. The highest BCUT2D eigenvalue weighted by Gasteiger charge is 2.30. The van der Waals surface area contributed by atoms with E-state index in [-0.39, 0.29) is 12.5 Å². The number of carbonyl (C=O) groups excluding carboxylic acids is 1. The first kappa shape index (κ1) is 29.9. The first-order valence-electron chi connectivity index (χ1n) is 16.9. The van der Waals surface area contributed by atoms with Gasteiger partial charge >= 0.3 is 0 Å². The van der Waals surface area contributed by atoms with Gasteiger partial charge in [-0.2, -0.15) is 0 Å². The Morgan fingerprint density at radius 1 is 0.894 bits per heavy atom. The number of piperazine rings is 1. The molecule has 8 rings (SSSR count). The standard InChI is InChI=1S/C39H41N5O3/c1-2-42-16-18-43(19-17-42)24-26-6-8-28(9-7-26)35-23-33-31(14-15-40-38(33)41-35)30-4-3-5-36(34(30)25-45)44-20-21-47-37-22-29(27-10-11-27)12-13-32(37)39(44)46/h3-9,12-15,22-23,27,45H,2,10-11,16-21,24-25H2,1H3,(H,40,41). The molecule has 2 aliphatic heterocycles. The molecule has 5 aromatic rings. The van der Waals surface area contributed by atoms with Crippen LogP contribution in [0.4, 0.5) is 5.69 Å². The maximum atomic E-state index is 13.9. The lowest BCUT2D eigenvalue weighted by Gasteiger charge is -2.34. The zero-order valence-corrected chi connectivity index (χ0v) is 26.9. The van der Waals surface area contributed by atoms with Crippen molar-refractivity contribution in [2.45, 2.75) is 38.8 Å². The van der Waals surface area contributed by atoms with E-state index >= 15 is 0 Å². The molecule has 1 aliphatic carbocycles. The molecule has 240 valence electrons. The van der Waals surface area contributed by atoms with Crippen molar-refractivity contribution in [2.24, 2.45) is 0 Å². The Morgan fingerprint density at radius 3 is 2.47 bits per heavy atom. The van der Waals surface area contributed by atoms with Crippen molar-refractivity contribution >= 4 is 22.6 Å². The number of aromatic amines is 1. The third-order valence-corrected chi connectivity index (χ3v) is 10.1. The molecular formula is C39H41N5O3. The molecule has 0 bridgehead atoms. The van der Waals surface area contributed by atoms with Crippen LogP contribution in [0.15, 0.2) is 79.0 Å². The van der Waals surface area contributed by atoms with Crippen molar-refractivity contribution in [1.82, 2.24) is 19.8 Å². The van der Waals surface area contributed by atoms with E-state index in [0.29, 0.717) is 41.6 Å². The highest BCUT2D eigenvalue weighted by atomic mass is 16.5. The molecule has 2 N–H and O–H groups in total. The number of aromatic nitrogens is 2. The van der Waals surface area contributed by atoms with E-state index in [2.05, 4.69) is 63.1 Å². The molecule has 1 saturated carbocycles. The summed E-state index contributed by atoms with van der Waals surface area (Å²) in [6.45, 7) is 9.39. The molecule has 8 nitrogen and oxygen atoms in total. The third kappa shape index (κ3) is 5.82. The highest BCUT2D eigenvalue weighted by molar-refractivity contribution is 6.09. The molecule has 2 aromatic heterocycles. The van der Waals surface area contributed by atoms with E-state index in [0.717, 1.165) is 72.7 Å². The fourth-order valence-electron chi connectivity index (χ4n) is 7.20. The molecule has 2 fully saturated rings. The summed E-state index contributed by atoms with van der Waals surface area (Å²) in [6.07, 6.45) is 4.19. The number of hydrogen-bond donors (Lipinski definition) is 2. The predicted molar refractivity (Wildman–Crippen MR) is 186 cm³/mol. The fourth-order valence-corrected chi connectivity index (χ4v) is 7.20. The number of anilines is 1. The second-order valence-corrected chi connectivity index (χ2v) is 13.0. The van der Waals surface area contributed by atoms with E-state index in [1.165, 1.54) is 24.0 Å². The van der Waals surface area contributed by atoms with Gasteiger partial charge in [0.05, 0.1) is 24.4 Å². The number of carbonyl (C=O) groups is 1. The summed E-state index contributed by atoms with van der Waals surface area (Å²) in [4.78, 5) is 28.9. The number of H-pyrrole nitrogens is 1. The van der Waals surface area contributed by atoms with Crippen molar-refractivity contribution in [2.75, 3.05) is 50.8 Å². The first-order chi connectivity index (χ1) is 23.1. The third-order valence-electron chi connectivity index (χ3n) is 10.1. The van der Waals surface area contributed by atoms with Gasteiger partial charge in [0.25, 0.3) is 5.91 Å². The SMILES string of the molecule is CCN1CCN(Cc2ccc(-c3cc4c(-c5cccc(N6CCOc7cc(C8CC8)ccc7C6=O)c5CO)ccnc4[nH]3)cc2)CC1. The Balaban J connectivity index is 1.08. The normalized spacial score (nSPS) is 17.5. The maximum absolute atomic E-state index is 13.9. The van der Waals surface area contributed by atoms with Crippen LogP contribution in [0.3, 0.4) is 0 Å². The van der Waals surface area contributed by atoms with Crippen LogP contribution >= 0.6 is 0 Å². The Hall–Kier alpha value is -4.50. The molecule has 0 atom stereocenters. The Bertz CT molecular complexity index is 1920. The van der Waals surface area contributed by atoms with Crippen LogP contribution in [0.25, 0.3) is 33.4 Å². The second kappa shape index (κ2) is 12.6. The van der Waals surface area contributed by atoms with Crippen LogP contribution in [0, 0.1) is 0 Å². The quantitative estimate of drug-likeness (QED) is 0.206. The summed E-state index contributed by atoms with van der Waals surface area (Å²) in [7, 11) is 0. The lowest BCUT2D eigenvalue weighted by molar-refractivity contribution is 0.0989. The first-order valence-corrected chi connectivity index (χ1v) is 16.9. The van der Waals surface area contributed by atoms with E-state index in [1.54, 1.807) is 11.1 Å². The van der Waals surface area contributed by atoms with Crippen LogP contribution in [-0.4, -0.2) is 76.7 Å². The number of ether oxygens (including phenoxy) is 1. The number of fused-ring (bicyclic) bond motifs is 2. The average molecular weight is 628 g/mol. The maximum Gasteiger partial charge on any atom is 0.262 e. The van der Waals surface area contributed by atoms with Gasteiger partial charge in [-0.1, -0.05) is 49.4 Å². The number of aliphatic hydroxyl groups excluding tert-OH is 1. The van der Waals surface area contributed by atoms with Crippen molar-refractivity contribution in [3.8, 4) is 28.1 Å². The number of benzene rings is 3. The lowest BCUT2D eigenvalue weighted by Crippen LogP contribution is -2.45. The van der Waals surface area contributed by atoms with Crippen molar-refractivity contribution in [3.63, 3.8) is 0 Å². The zero-order chi connectivity index (χ0) is 31.9. The molecule has 1 amide bonds. The molecular weight excluding hydrogens is 586 g/mol. The summed E-state index contributed by atoms with van der Waals surface area (Å²) in [5, 5.41) is 11.7. The number of rotatable bonds is 8. The van der Waals surface area contributed by atoms with E-state index < -0.39 is 0 Å². The van der Waals surface area contributed by atoms with Crippen LogP contribution in [0.2, 0.25) is 0 Å². The van der Waals surface area contributed by atoms with E-state index in [1.807, 2.05) is 36.4 Å². The highest BCUT2D eigenvalue weighted by Crippen LogP contribution is 2.43. The van der Waals surface area contributed by atoms with Crippen LogP contribution < -0.4 is 9.64 Å². The van der Waals surface area contributed by atoms with Gasteiger partial charge in [-0.25, -0.2) is 4.98 Å². The van der Waals surface area contributed by atoms with Gasteiger partial charge in [-0.3, -0.25) is 9.69 Å².